The maximum absolute atomic E-state index is 12.4. The molecule has 0 saturated heterocycles. The number of carbonyl (C=O) groups excluding carboxylic acids is 1. The van der Waals surface area contributed by atoms with Crippen LogP contribution in [-0.4, -0.2) is 5.78 Å². The van der Waals surface area contributed by atoms with Crippen molar-refractivity contribution in [1.82, 2.24) is 0 Å². The number of benzene rings is 2. The van der Waals surface area contributed by atoms with E-state index in [1.165, 1.54) is 11.3 Å². The van der Waals surface area contributed by atoms with Crippen molar-refractivity contribution in [1.29, 1.82) is 0 Å². The Morgan fingerprint density at radius 2 is 1.85 bits per heavy atom. The van der Waals surface area contributed by atoms with Crippen LogP contribution in [-0.2, 0) is 6.42 Å². The van der Waals surface area contributed by atoms with E-state index in [2.05, 4.69) is 0 Å². The van der Waals surface area contributed by atoms with Crippen molar-refractivity contribution in [2.24, 2.45) is 0 Å². The Labute approximate surface area is 130 Å². The van der Waals surface area contributed by atoms with E-state index >= 15 is 0 Å². The monoisotopic (exact) mass is 320 g/mol. The van der Waals surface area contributed by atoms with Gasteiger partial charge in [-0.1, -0.05) is 41.4 Å². The molecule has 3 rings (SSSR count). The molecule has 0 unspecified atom stereocenters. The third-order valence-electron chi connectivity index (χ3n) is 3.06. The summed E-state index contributed by atoms with van der Waals surface area (Å²) in [4.78, 5) is 13.1. The molecule has 4 heteroatoms. The highest BCUT2D eigenvalue weighted by Crippen LogP contribution is 2.28. The average molecular weight is 321 g/mol. The number of rotatable bonds is 3. The highest BCUT2D eigenvalue weighted by atomic mass is 35.5. The Kier molecular flexibility index (Phi) is 3.79. The summed E-state index contributed by atoms with van der Waals surface area (Å²) >= 11 is 13.6. The first-order valence-corrected chi connectivity index (χ1v) is 7.66. The topological polar surface area (TPSA) is 17.1 Å². The van der Waals surface area contributed by atoms with Crippen LogP contribution in [0.4, 0.5) is 0 Å². The van der Waals surface area contributed by atoms with E-state index < -0.39 is 0 Å². The molecule has 0 aliphatic carbocycles. The second kappa shape index (κ2) is 5.57. The molecule has 1 heterocycles. The molecule has 0 atom stereocenters. The van der Waals surface area contributed by atoms with Gasteiger partial charge in [0.15, 0.2) is 5.78 Å². The molecular weight excluding hydrogens is 311 g/mol. The van der Waals surface area contributed by atoms with Crippen molar-refractivity contribution in [2.45, 2.75) is 6.42 Å². The van der Waals surface area contributed by atoms with Crippen LogP contribution in [0.25, 0.3) is 10.1 Å². The van der Waals surface area contributed by atoms with Gasteiger partial charge in [0, 0.05) is 21.2 Å². The van der Waals surface area contributed by atoms with Gasteiger partial charge in [-0.05, 0) is 41.3 Å². The maximum Gasteiger partial charge on any atom is 0.177 e. The average Bonchev–Trinajstić information content (AvgIpc) is 2.87. The van der Waals surface area contributed by atoms with Crippen LogP contribution in [0.3, 0.4) is 0 Å². The molecule has 0 radical (unpaired) electrons. The van der Waals surface area contributed by atoms with E-state index in [1.54, 1.807) is 18.2 Å². The molecule has 2 aromatic carbocycles. The van der Waals surface area contributed by atoms with Crippen LogP contribution in [0.2, 0.25) is 10.0 Å². The first-order chi connectivity index (χ1) is 9.63. The Morgan fingerprint density at radius 3 is 2.65 bits per heavy atom. The van der Waals surface area contributed by atoms with Gasteiger partial charge < -0.3 is 0 Å². The number of ketones is 1. The largest absolute Gasteiger partial charge is 0.293 e. The number of halogens is 2. The predicted molar refractivity (Wildman–Crippen MR) is 86.3 cm³/mol. The van der Waals surface area contributed by atoms with Crippen LogP contribution < -0.4 is 0 Å². The van der Waals surface area contributed by atoms with Gasteiger partial charge in [-0.3, -0.25) is 4.79 Å². The molecule has 0 amide bonds. The zero-order chi connectivity index (χ0) is 14.1. The van der Waals surface area contributed by atoms with Gasteiger partial charge in [0.05, 0.1) is 4.88 Å². The third kappa shape index (κ3) is 2.73. The summed E-state index contributed by atoms with van der Waals surface area (Å²) in [7, 11) is 0. The summed E-state index contributed by atoms with van der Waals surface area (Å²) in [6, 6.07) is 15.1. The van der Waals surface area contributed by atoms with Gasteiger partial charge in [0.25, 0.3) is 0 Å². The molecule has 0 aliphatic rings. The fourth-order valence-electron chi connectivity index (χ4n) is 2.06. The molecule has 0 fully saturated rings. The smallest absolute Gasteiger partial charge is 0.177 e. The molecular formula is C16H10Cl2OS. The minimum Gasteiger partial charge on any atom is -0.293 e. The molecule has 1 aromatic heterocycles. The fraction of sp³-hybridized carbons (Fsp3) is 0.0625. The van der Waals surface area contributed by atoms with E-state index in [4.69, 9.17) is 23.2 Å². The second-order valence-corrected chi connectivity index (χ2v) is 6.41. The zero-order valence-corrected chi connectivity index (χ0v) is 12.7. The minimum atomic E-state index is 0.0652. The normalized spacial score (nSPS) is 10.9. The van der Waals surface area contributed by atoms with Gasteiger partial charge in [0.2, 0.25) is 0 Å². The lowest BCUT2D eigenvalue weighted by atomic mass is 10.1. The second-order valence-electron chi connectivity index (χ2n) is 4.48. The van der Waals surface area contributed by atoms with Crippen LogP contribution in [0.1, 0.15) is 15.2 Å². The maximum atomic E-state index is 12.4. The molecule has 0 bridgehead atoms. The SMILES string of the molecule is O=C(Cc1cc(Cl)ccc1Cl)c1cc2ccccc2s1. The number of thiophene rings is 1. The molecule has 20 heavy (non-hydrogen) atoms. The quantitative estimate of drug-likeness (QED) is 0.571. The number of hydrogen-bond donors (Lipinski definition) is 0. The van der Waals surface area contributed by atoms with Gasteiger partial charge in [-0.2, -0.15) is 0 Å². The Morgan fingerprint density at radius 1 is 1.05 bits per heavy atom. The highest BCUT2D eigenvalue weighted by Gasteiger charge is 2.13. The van der Waals surface area contributed by atoms with E-state index in [-0.39, 0.29) is 12.2 Å². The summed E-state index contributed by atoms with van der Waals surface area (Å²) in [5.41, 5.74) is 0.765. The standard InChI is InChI=1S/C16H10Cl2OS/c17-12-5-6-13(18)11(7-12)8-14(19)16-9-10-3-1-2-4-15(10)20-16/h1-7,9H,8H2. The third-order valence-corrected chi connectivity index (χ3v) is 4.82. The number of hydrogen-bond acceptors (Lipinski definition) is 2. The van der Waals surface area contributed by atoms with Crippen molar-refractivity contribution >= 4 is 50.4 Å². The first-order valence-electron chi connectivity index (χ1n) is 6.09. The predicted octanol–water partition coefficient (Wildman–Crippen LogP) is 5.63. The van der Waals surface area contributed by atoms with Gasteiger partial charge in [-0.25, -0.2) is 0 Å². The van der Waals surface area contributed by atoms with Crippen molar-refractivity contribution in [2.75, 3.05) is 0 Å². The van der Waals surface area contributed by atoms with Crippen LogP contribution in [0.15, 0.2) is 48.5 Å². The summed E-state index contributed by atoms with van der Waals surface area (Å²) in [5.74, 6) is 0.0652. The Balaban J connectivity index is 1.90. The molecule has 1 nitrogen and oxygen atoms in total. The molecule has 0 spiro atoms. The number of fused-ring (bicyclic) bond motifs is 1. The number of carbonyl (C=O) groups is 1. The zero-order valence-electron chi connectivity index (χ0n) is 10.4. The molecule has 0 N–H and O–H groups in total. The van der Waals surface area contributed by atoms with Crippen LogP contribution in [0, 0.1) is 0 Å². The van der Waals surface area contributed by atoms with Crippen molar-refractivity contribution < 1.29 is 4.79 Å². The van der Waals surface area contributed by atoms with Gasteiger partial charge >= 0.3 is 0 Å². The molecule has 0 saturated carbocycles. The molecule has 0 aliphatic heterocycles. The lowest BCUT2D eigenvalue weighted by molar-refractivity contribution is 0.0997. The van der Waals surface area contributed by atoms with Crippen LogP contribution in [0.5, 0.6) is 0 Å². The van der Waals surface area contributed by atoms with E-state index in [9.17, 15) is 4.79 Å². The lowest BCUT2D eigenvalue weighted by Crippen LogP contribution is -2.01. The van der Waals surface area contributed by atoms with Crippen molar-refractivity contribution in [3.63, 3.8) is 0 Å². The Bertz CT molecular complexity index is 759. The van der Waals surface area contributed by atoms with E-state index in [0.717, 1.165) is 20.5 Å². The van der Waals surface area contributed by atoms with Gasteiger partial charge in [0.1, 0.15) is 0 Å². The highest BCUT2D eigenvalue weighted by molar-refractivity contribution is 7.20. The summed E-state index contributed by atoms with van der Waals surface area (Å²) in [6.07, 6.45) is 0.270. The number of Topliss-reactive ketones (excluding diaryl/α,β-unsaturated/α-hetero) is 1. The fourth-order valence-corrected chi connectivity index (χ4v) is 3.44. The van der Waals surface area contributed by atoms with E-state index in [0.29, 0.717) is 10.0 Å². The minimum absolute atomic E-state index is 0.0652. The summed E-state index contributed by atoms with van der Waals surface area (Å²) in [5, 5.41) is 2.26. The lowest BCUT2D eigenvalue weighted by Gasteiger charge is -2.03. The van der Waals surface area contributed by atoms with Crippen LogP contribution >= 0.6 is 34.5 Å². The Hall–Kier alpha value is -1.35. The summed E-state index contributed by atoms with van der Waals surface area (Å²) in [6.45, 7) is 0. The summed E-state index contributed by atoms with van der Waals surface area (Å²) < 4.78 is 1.12. The van der Waals surface area contributed by atoms with Crippen molar-refractivity contribution in [3.05, 3.63) is 69.0 Å². The van der Waals surface area contributed by atoms with Crippen molar-refractivity contribution in [3.8, 4) is 0 Å². The van der Waals surface area contributed by atoms with Gasteiger partial charge in [-0.15, -0.1) is 11.3 Å². The first kappa shape index (κ1) is 13.6. The molecule has 100 valence electrons. The van der Waals surface area contributed by atoms with E-state index in [1.807, 2.05) is 30.3 Å². The molecule has 3 aromatic rings.